The SMILES string of the molecule is CCCCCCNS(=O)(=O)c1ccc(NC(=O)C=Cc2ccc(OC)c(OC)c2)cc1. The van der Waals surface area contributed by atoms with Gasteiger partial charge in [-0.1, -0.05) is 32.3 Å². The van der Waals surface area contributed by atoms with Crippen LogP contribution in [0.15, 0.2) is 53.4 Å². The number of nitrogens with one attached hydrogen (secondary N) is 2. The summed E-state index contributed by atoms with van der Waals surface area (Å²) in [6.45, 7) is 2.53. The van der Waals surface area contributed by atoms with Crippen molar-refractivity contribution in [3.8, 4) is 11.5 Å². The molecule has 31 heavy (non-hydrogen) atoms. The van der Waals surface area contributed by atoms with Gasteiger partial charge in [-0.05, 0) is 54.5 Å². The lowest BCUT2D eigenvalue weighted by Crippen LogP contribution is -2.24. The third-order valence-corrected chi connectivity index (χ3v) is 6.07. The summed E-state index contributed by atoms with van der Waals surface area (Å²) in [7, 11) is -0.448. The van der Waals surface area contributed by atoms with Gasteiger partial charge in [0, 0.05) is 18.3 Å². The molecule has 0 radical (unpaired) electrons. The number of hydrogen-bond acceptors (Lipinski definition) is 5. The molecule has 0 atom stereocenters. The molecular formula is C23H30N2O5S. The molecule has 0 heterocycles. The van der Waals surface area contributed by atoms with Gasteiger partial charge in [-0.2, -0.15) is 0 Å². The van der Waals surface area contributed by atoms with E-state index in [2.05, 4.69) is 17.0 Å². The minimum atomic E-state index is -3.55. The fourth-order valence-corrected chi connectivity index (χ4v) is 3.95. The molecule has 0 unspecified atom stereocenters. The number of benzene rings is 2. The number of sulfonamides is 1. The first-order valence-electron chi connectivity index (χ1n) is 10.2. The second-order valence-electron chi connectivity index (χ2n) is 6.92. The van der Waals surface area contributed by atoms with Gasteiger partial charge in [0.15, 0.2) is 11.5 Å². The monoisotopic (exact) mass is 446 g/mol. The van der Waals surface area contributed by atoms with Gasteiger partial charge in [-0.15, -0.1) is 0 Å². The number of amides is 1. The molecule has 0 aliphatic heterocycles. The Hall–Kier alpha value is -2.84. The van der Waals surface area contributed by atoms with Crippen LogP contribution in [0.3, 0.4) is 0 Å². The number of carbonyl (C=O) groups is 1. The summed E-state index contributed by atoms with van der Waals surface area (Å²) >= 11 is 0. The van der Waals surface area contributed by atoms with Crippen molar-refractivity contribution < 1.29 is 22.7 Å². The lowest BCUT2D eigenvalue weighted by Gasteiger charge is -2.08. The van der Waals surface area contributed by atoms with Crippen molar-refractivity contribution in [3.05, 3.63) is 54.1 Å². The van der Waals surface area contributed by atoms with Gasteiger partial charge in [-0.3, -0.25) is 4.79 Å². The number of unbranched alkanes of at least 4 members (excludes halogenated alkanes) is 3. The second-order valence-corrected chi connectivity index (χ2v) is 8.69. The minimum Gasteiger partial charge on any atom is -0.493 e. The van der Waals surface area contributed by atoms with E-state index in [1.807, 2.05) is 0 Å². The fourth-order valence-electron chi connectivity index (χ4n) is 2.87. The van der Waals surface area contributed by atoms with Gasteiger partial charge in [0.1, 0.15) is 0 Å². The molecule has 0 bridgehead atoms. The molecule has 0 saturated heterocycles. The molecule has 0 spiro atoms. The highest BCUT2D eigenvalue weighted by Crippen LogP contribution is 2.28. The predicted octanol–water partition coefficient (Wildman–Crippen LogP) is 4.21. The molecule has 0 aliphatic rings. The van der Waals surface area contributed by atoms with Gasteiger partial charge < -0.3 is 14.8 Å². The first kappa shape index (κ1) is 24.4. The molecule has 2 aromatic carbocycles. The first-order valence-corrected chi connectivity index (χ1v) is 11.7. The van der Waals surface area contributed by atoms with Gasteiger partial charge in [0.2, 0.25) is 15.9 Å². The molecule has 168 valence electrons. The van der Waals surface area contributed by atoms with Crippen molar-refractivity contribution >= 4 is 27.7 Å². The van der Waals surface area contributed by atoms with Gasteiger partial charge >= 0.3 is 0 Å². The molecular weight excluding hydrogens is 416 g/mol. The zero-order valence-corrected chi connectivity index (χ0v) is 19.0. The van der Waals surface area contributed by atoms with Crippen LogP contribution < -0.4 is 19.5 Å². The van der Waals surface area contributed by atoms with Crippen LogP contribution in [0.4, 0.5) is 5.69 Å². The zero-order chi connectivity index (χ0) is 22.7. The maximum atomic E-state index is 12.3. The molecule has 2 N–H and O–H groups in total. The Balaban J connectivity index is 1.93. The van der Waals surface area contributed by atoms with Crippen LogP contribution in [-0.2, 0) is 14.8 Å². The van der Waals surface area contributed by atoms with E-state index in [0.717, 1.165) is 31.2 Å². The second kappa shape index (κ2) is 12.1. The molecule has 0 aliphatic carbocycles. The lowest BCUT2D eigenvalue weighted by atomic mass is 10.2. The topological polar surface area (TPSA) is 93.7 Å². The Morgan fingerprint density at radius 1 is 0.968 bits per heavy atom. The van der Waals surface area contributed by atoms with Gasteiger partial charge in [0.05, 0.1) is 19.1 Å². The summed E-state index contributed by atoms with van der Waals surface area (Å²) in [6, 6.07) is 11.4. The number of ether oxygens (including phenoxy) is 2. The third kappa shape index (κ3) is 7.73. The Kier molecular flexibility index (Phi) is 9.55. The van der Waals surface area contributed by atoms with E-state index < -0.39 is 10.0 Å². The van der Waals surface area contributed by atoms with E-state index in [-0.39, 0.29) is 10.8 Å². The van der Waals surface area contributed by atoms with Gasteiger partial charge in [-0.25, -0.2) is 13.1 Å². The Bertz CT molecular complexity index is 986. The summed E-state index contributed by atoms with van der Waals surface area (Å²) < 4.78 is 37.7. The minimum absolute atomic E-state index is 0.168. The highest BCUT2D eigenvalue weighted by molar-refractivity contribution is 7.89. The van der Waals surface area contributed by atoms with Crippen LogP contribution >= 0.6 is 0 Å². The smallest absolute Gasteiger partial charge is 0.248 e. The molecule has 7 nitrogen and oxygen atoms in total. The Morgan fingerprint density at radius 3 is 2.32 bits per heavy atom. The molecule has 2 rings (SSSR count). The summed E-state index contributed by atoms with van der Waals surface area (Å²) in [5, 5.41) is 2.71. The van der Waals surface area contributed by atoms with Crippen LogP contribution in [0.5, 0.6) is 11.5 Å². The van der Waals surface area contributed by atoms with Crippen LogP contribution in [0.1, 0.15) is 38.2 Å². The summed E-state index contributed by atoms with van der Waals surface area (Å²) in [4.78, 5) is 12.4. The Labute approximate surface area is 184 Å². The van der Waals surface area contributed by atoms with E-state index >= 15 is 0 Å². The summed E-state index contributed by atoms with van der Waals surface area (Å²) in [5.74, 6) is 0.842. The molecule has 0 saturated carbocycles. The predicted molar refractivity (Wildman–Crippen MR) is 123 cm³/mol. The van der Waals surface area contributed by atoms with Crippen molar-refractivity contribution in [2.75, 3.05) is 26.1 Å². The Morgan fingerprint density at radius 2 is 1.68 bits per heavy atom. The average molecular weight is 447 g/mol. The van der Waals surface area contributed by atoms with Crippen LogP contribution in [0.25, 0.3) is 6.08 Å². The standard InChI is InChI=1S/C23H30N2O5S/c1-4-5-6-7-16-24-31(27,28)20-12-10-19(11-13-20)25-23(26)15-9-18-8-14-21(29-2)22(17-18)30-3/h8-15,17,24H,4-7,16H2,1-3H3,(H,25,26). The zero-order valence-electron chi connectivity index (χ0n) is 18.2. The van der Waals surface area contributed by atoms with Crippen molar-refractivity contribution in [2.45, 2.75) is 37.5 Å². The average Bonchev–Trinajstić information content (AvgIpc) is 2.77. The molecule has 0 aromatic heterocycles. The first-order chi connectivity index (χ1) is 14.9. The molecule has 1 amide bonds. The highest BCUT2D eigenvalue weighted by atomic mass is 32.2. The maximum absolute atomic E-state index is 12.3. The molecule has 8 heteroatoms. The van der Waals surface area contributed by atoms with E-state index in [0.29, 0.717) is 23.7 Å². The third-order valence-electron chi connectivity index (χ3n) is 4.59. The van der Waals surface area contributed by atoms with Crippen LogP contribution in [0, 0.1) is 0 Å². The fraction of sp³-hybridized carbons (Fsp3) is 0.348. The highest BCUT2D eigenvalue weighted by Gasteiger charge is 2.13. The molecule has 2 aromatic rings. The number of rotatable bonds is 12. The van der Waals surface area contributed by atoms with Crippen LogP contribution in [-0.4, -0.2) is 35.1 Å². The van der Waals surface area contributed by atoms with Crippen molar-refractivity contribution in [1.82, 2.24) is 4.72 Å². The van der Waals surface area contributed by atoms with Gasteiger partial charge in [0.25, 0.3) is 0 Å². The van der Waals surface area contributed by atoms with E-state index in [1.165, 1.54) is 18.2 Å². The summed E-state index contributed by atoms with van der Waals surface area (Å²) in [6.07, 6.45) is 7.05. The van der Waals surface area contributed by atoms with E-state index in [4.69, 9.17) is 9.47 Å². The number of anilines is 1. The maximum Gasteiger partial charge on any atom is 0.248 e. The number of methoxy groups -OCH3 is 2. The van der Waals surface area contributed by atoms with Crippen molar-refractivity contribution in [2.24, 2.45) is 0 Å². The largest absolute Gasteiger partial charge is 0.493 e. The van der Waals surface area contributed by atoms with E-state index in [1.54, 1.807) is 50.6 Å². The van der Waals surface area contributed by atoms with Crippen LogP contribution in [0.2, 0.25) is 0 Å². The normalized spacial score (nSPS) is 11.5. The van der Waals surface area contributed by atoms with E-state index in [9.17, 15) is 13.2 Å². The summed E-state index contributed by atoms with van der Waals surface area (Å²) in [5.41, 5.74) is 1.28. The number of hydrogen-bond donors (Lipinski definition) is 2. The van der Waals surface area contributed by atoms with Crippen molar-refractivity contribution in [1.29, 1.82) is 0 Å². The lowest BCUT2D eigenvalue weighted by molar-refractivity contribution is -0.111. The van der Waals surface area contributed by atoms with Crippen molar-refractivity contribution in [3.63, 3.8) is 0 Å². The molecule has 0 fully saturated rings. The number of carbonyl (C=O) groups excluding carboxylic acids is 1. The quantitative estimate of drug-likeness (QED) is 0.376.